The summed E-state index contributed by atoms with van der Waals surface area (Å²) in [5, 5.41) is 3.08. The van der Waals surface area contributed by atoms with E-state index in [-0.39, 0.29) is 5.91 Å². The lowest BCUT2D eigenvalue weighted by atomic mass is 10.2. The van der Waals surface area contributed by atoms with Crippen LogP contribution in [0.3, 0.4) is 0 Å². The second-order valence-corrected chi connectivity index (χ2v) is 3.48. The second-order valence-electron chi connectivity index (χ2n) is 3.48. The van der Waals surface area contributed by atoms with E-state index in [2.05, 4.69) is 12.2 Å². The molecule has 13 heavy (non-hydrogen) atoms. The highest BCUT2D eigenvalue weighted by Crippen LogP contribution is 1.91. The first-order valence-corrected chi connectivity index (χ1v) is 4.47. The number of carbonyl (C=O) groups excluding carboxylic acids is 1. The number of rotatable bonds is 6. The van der Waals surface area contributed by atoms with E-state index in [9.17, 15) is 4.79 Å². The molecular weight excluding hydrogens is 168 g/mol. The summed E-state index contributed by atoms with van der Waals surface area (Å²) >= 11 is 0. The average Bonchev–Trinajstić information content (AvgIpc) is 2.04. The molecule has 0 aromatic heterocycles. The molecule has 0 rings (SSSR count). The number of hydrogen-bond donors (Lipinski definition) is 1. The van der Waals surface area contributed by atoms with Gasteiger partial charge in [-0.15, -0.1) is 0 Å². The summed E-state index contributed by atoms with van der Waals surface area (Å²) in [5.41, 5.74) is 0. The highest BCUT2D eigenvalue weighted by atomic mass is 16.5. The molecule has 0 aromatic carbocycles. The SMILES string of the molecule is COCC(C)CNCC(=O)N(C)C. The van der Waals surface area contributed by atoms with E-state index in [1.807, 2.05) is 0 Å². The van der Waals surface area contributed by atoms with Gasteiger partial charge in [0.25, 0.3) is 0 Å². The van der Waals surface area contributed by atoms with Gasteiger partial charge in [-0.2, -0.15) is 0 Å². The lowest BCUT2D eigenvalue weighted by molar-refractivity contribution is -0.127. The van der Waals surface area contributed by atoms with Crippen molar-refractivity contribution in [1.82, 2.24) is 10.2 Å². The number of amides is 1. The Morgan fingerprint density at radius 2 is 2.15 bits per heavy atom. The number of methoxy groups -OCH3 is 1. The molecule has 1 unspecified atom stereocenters. The molecule has 0 aromatic rings. The number of hydrogen-bond acceptors (Lipinski definition) is 3. The topological polar surface area (TPSA) is 41.6 Å². The maximum Gasteiger partial charge on any atom is 0.236 e. The predicted molar refractivity (Wildman–Crippen MR) is 52.6 cm³/mol. The van der Waals surface area contributed by atoms with Gasteiger partial charge in [-0.3, -0.25) is 4.79 Å². The highest BCUT2D eigenvalue weighted by molar-refractivity contribution is 5.77. The van der Waals surface area contributed by atoms with Crippen LogP contribution in [-0.2, 0) is 9.53 Å². The Labute approximate surface area is 80.2 Å². The molecule has 0 radical (unpaired) electrons. The van der Waals surface area contributed by atoms with Gasteiger partial charge in [-0.1, -0.05) is 6.92 Å². The van der Waals surface area contributed by atoms with Gasteiger partial charge in [-0.05, 0) is 5.92 Å². The lowest BCUT2D eigenvalue weighted by Crippen LogP contribution is -2.35. The fourth-order valence-corrected chi connectivity index (χ4v) is 0.927. The minimum Gasteiger partial charge on any atom is -0.384 e. The normalized spacial score (nSPS) is 12.6. The molecule has 4 nitrogen and oxygen atoms in total. The smallest absolute Gasteiger partial charge is 0.236 e. The van der Waals surface area contributed by atoms with Crippen LogP contribution >= 0.6 is 0 Å². The van der Waals surface area contributed by atoms with Gasteiger partial charge in [0.1, 0.15) is 0 Å². The molecule has 0 heterocycles. The maximum absolute atomic E-state index is 11.1. The zero-order valence-electron chi connectivity index (χ0n) is 8.96. The number of ether oxygens (including phenoxy) is 1. The second kappa shape index (κ2) is 6.86. The van der Waals surface area contributed by atoms with E-state index in [0.29, 0.717) is 12.5 Å². The van der Waals surface area contributed by atoms with Crippen molar-refractivity contribution in [2.24, 2.45) is 5.92 Å². The maximum atomic E-state index is 11.1. The lowest BCUT2D eigenvalue weighted by Gasteiger charge is -2.13. The van der Waals surface area contributed by atoms with Crippen molar-refractivity contribution in [3.63, 3.8) is 0 Å². The first kappa shape index (κ1) is 12.4. The molecule has 4 heteroatoms. The third kappa shape index (κ3) is 6.54. The van der Waals surface area contributed by atoms with Crippen LogP contribution in [0, 0.1) is 5.92 Å². The van der Waals surface area contributed by atoms with Crippen LogP contribution in [0.25, 0.3) is 0 Å². The van der Waals surface area contributed by atoms with E-state index in [1.165, 1.54) is 0 Å². The zero-order valence-corrected chi connectivity index (χ0v) is 8.96. The zero-order chi connectivity index (χ0) is 10.3. The van der Waals surface area contributed by atoms with Gasteiger partial charge in [0.15, 0.2) is 0 Å². The summed E-state index contributed by atoms with van der Waals surface area (Å²) in [6.07, 6.45) is 0. The predicted octanol–water partition coefficient (Wildman–Crippen LogP) is -0.0533. The molecule has 1 atom stereocenters. The van der Waals surface area contributed by atoms with Gasteiger partial charge in [0, 0.05) is 34.4 Å². The number of nitrogens with zero attached hydrogens (tertiary/aromatic N) is 1. The van der Waals surface area contributed by atoms with Crippen LogP contribution in [0.15, 0.2) is 0 Å². The molecule has 0 saturated heterocycles. The standard InChI is InChI=1S/C9H20N2O2/c1-8(7-13-4)5-10-6-9(12)11(2)3/h8,10H,5-7H2,1-4H3. The van der Waals surface area contributed by atoms with Crippen molar-refractivity contribution in [2.45, 2.75) is 6.92 Å². The first-order chi connectivity index (χ1) is 6.07. The van der Waals surface area contributed by atoms with E-state index in [4.69, 9.17) is 4.74 Å². The summed E-state index contributed by atoms with van der Waals surface area (Å²) in [6.45, 7) is 4.02. The summed E-state index contributed by atoms with van der Waals surface area (Å²) in [5.74, 6) is 0.546. The van der Waals surface area contributed by atoms with Gasteiger partial charge >= 0.3 is 0 Å². The molecule has 0 bridgehead atoms. The van der Waals surface area contributed by atoms with Crippen molar-refractivity contribution in [2.75, 3.05) is 40.9 Å². The molecule has 1 amide bonds. The van der Waals surface area contributed by atoms with E-state index in [1.54, 1.807) is 26.1 Å². The summed E-state index contributed by atoms with van der Waals surface area (Å²) in [4.78, 5) is 12.7. The Morgan fingerprint density at radius 3 is 2.62 bits per heavy atom. The Bertz CT molecular complexity index is 149. The Kier molecular flexibility index (Phi) is 6.54. The highest BCUT2D eigenvalue weighted by Gasteiger charge is 2.04. The van der Waals surface area contributed by atoms with Crippen LogP contribution in [0.1, 0.15) is 6.92 Å². The van der Waals surface area contributed by atoms with Crippen molar-refractivity contribution < 1.29 is 9.53 Å². The molecule has 0 aliphatic carbocycles. The Morgan fingerprint density at radius 1 is 1.54 bits per heavy atom. The van der Waals surface area contributed by atoms with Crippen LogP contribution in [-0.4, -0.2) is 51.7 Å². The van der Waals surface area contributed by atoms with Crippen molar-refractivity contribution in [1.29, 1.82) is 0 Å². The number of likely N-dealkylation sites (N-methyl/N-ethyl adjacent to an activating group) is 1. The molecular formula is C9H20N2O2. The third-order valence-electron chi connectivity index (χ3n) is 1.72. The fourth-order valence-electron chi connectivity index (χ4n) is 0.927. The Balaban J connectivity index is 3.39. The monoisotopic (exact) mass is 188 g/mol. The van der Waals surface area contributed by atoms with E-state index < -0.39 is 0 Å². The largest absolute Gasteiger partial charge is 0.384 e. The molecule has 0 spiro atoms. The molecule has 0 aliphatic rings. The van der Waals surface area contributed by atoms with Crippen molar-refractivity contribution in [3.05, 3.63) is 0 Å². The summed E-state index contributed by atoms with van der Waals surface area (Å²) < 4.78 is 4.97. The van der Waals surface area contributed by atoms with Gasteiger partial charge in [0.2, 0.25) is 5.91 Å². The fraction of sp³-hybridized carbons (Fsp3) is 0.889. The van der Waals surface area contributed by atoms with Gasteiger partial charge < -0.3 is 15.0 Å². The Hall–Kier alpha value is -0.610. The summed E-state index contributed by atoms with van der Waals surface area (Å²) in [7, 11) is 5.19. The molecule has 78 valence electrons. The van der Waals surface area contributed by atoms with Crippen LogP contribution in [0.4, 0.5) is 0 Å². The molecule has 1 N–H and O–H groups in total. The first-order valence-electron chi connectivity index (χ1n) is 4.47. The van der Waals surface area contributed by atoms with Crippen molar-refractivity contribution >= 4 is 5.91 Å². The minimum absolute atomic E-state index is 0.101. The quantitative estimate of drug-likeness (QED) is 0.635. The number of nitrogens with one attached hydrogen (secondary N) is 1. The minimum atomic E-state index is 0.101. The molecule has 0 aliphatic heterocycles. The molecule has 0 saturated carbocycles. The van der Waals surface area contributed by atoms with Crippen LogP contribution in [0.2, 0.25) is 0 Å². The average molecular weight is 188 g/mol. The van der Waals surface area contributed by atoms with Crippen LogP contribution < -0.4 is 5.32 Å². The van der Waals surface area contributed by atoms with Gasteiger partial charge in [0.05, 0.1) is 6.54 Å². The van der Waals surface area contributed by atoms with Crippen molar-refractivity contribution in [3.8, 4) is 0 Å². The van der Waals surface area contributed by atoms with E-state index in [0.717, 1.165) is 13.2 Å². The van der Waals surface area contributed by atoms with Crippen LogP contribution in [0.5, 0.6) is 0 Å². The number of carbonyl (C=O) groups is 1. The third-order valence-corrected chi connectivity index (χ3v) is 1.72. The van der Waals surface area contributed by atoms with Gasteiger partial charge in [-0.25, -0.2) is 0 Å². The summed E-state index contributed by atoms with van der Waals surface area (Å²) in [6, 6.07) is 0. The van der Waals surface area contributed by atoms with E-state index >= 15 is 0 Å². The molecule has 0 fully saturated rings.